The Hall–Kier alpha value is -2.67. The molecule has 2 N–H and O–H groups in total. The summed E-state index contributed by atoms with van der Waals surface area (Å²) in [6.45, 7) is 5.52. The third kappa shape index (κ3) is 7.22. The molecule has 0 unspecified atom stereocenters. The van der Waals surface area contributed by atoms with Gasteiger partial charge in [-0.25, -0.2) is 21.1 Å². The van der Waals surface area contributed by atoms with Gasteiger partial charge in [0.05, 0.1) is 36.8 Å². The highest BCUT2D eigenvalue weighted by atomic mass is 32.2. The smallest absolute Gasteiger partial charge is 0.261 e. The first-order valence-corrected chi connectivity index (χ1v) is 15.2. The standard InChI is InChI=1S/C25H35N3O7S2/c1-17-6-9-22(10-7-17)37(33,34)26-21-8-11-23-20(12-21)13-25(30)28(19(3)16-29)14-18(2)24(35-23)15-27(4)36(5,31)32/h6-12,18-19,24,26,29H,13-16H2,1-5H3/t18-,19+,24+/m1/s1. The average molecular weight is 554 g/mol. The fraction of sp³-hybridized carbons (Fsp3) is 0.480. The molecule has 0 saturated carbocycles. The lowest BCUT2D eigenvalue weighted by Crippen LogP contribution is -2.48. The molecule has 3 atom stereocenters. The number of benzene rings is 2. The second kappa shape index (κ2) is 11.4. The Balaban J connectivity index is 1.99. The van der Waals surface area contributed by atoms with Gasteiger partial charge < -0.3 is 14.7 Å². The van der Waals surface area contributed by atoms with E-state index in [9.17, 15) is 26.7 Å². The van der Waals surface area contributed by atoms with Crippen molar-refractivity contribution in [2.45, 2.75) is 44.2 Å². The van der Waals surface area contributed by atoms with E-state index >= 15 is 0 Å². The number of hydrogen-bond acceptors (Lipinski definition) is 7. The van der Waals surface area contributed by atoms with Crippen LogP contribution in [-0.4, -0.2) is 82.2 Å². The molecule has 0 aromatic heterocycles. The molecule has 0 bridgehead atoms. The number of nitrogens with one attached hydrogen (secondary N) is 1. The van der Waals surface area contributed by atoms with Gasteiger partial charge in [0, 0.05) is 30.8 Å². The van der Waals surface area contributed by atoms with Gasteiger partial charge in [-0.3, -0.25) is 9.52 Å². The molecule has 2 aromatic rings. The summed E-state index contributed by atoms with van der Waals surface area (Å²) < 4.78 is 60.0. The Kier molecular flexibility index (Phi) is 8.89. The fourth-order valence-corrected chi connectivity index (χ4v) is 5.50. The fourth-order valence-electron chi connectivity index (χ4n) is 4.03. The maximum atomic E-state index is 13.3. The Labute approximate surface area is 219 Å². The molecule has 0 radical (unpaired) electrons. The Morgan fingerprint density at radius 1 is 1.16 bits per heavy atom. The van der Waals surface area contributed by atoms with Crippen molar-refractivity contribution < 1.29 is 31.5 Å². The van der Waals surface area contributed by atoms with Gasteiger partial charge in [0.2, 0.25) is 15.9 Å². The van der Waals surface area contributed by atoms with Crippen molar-refractivity contribution in [3.63, 3.8) is 0 Å². The van der Waals surface area contributed by atoms with Crippen LogP contribution in [0, 0.1) is 12.8 Å². The Morgan fingerprint density at radius 2 is 1.81 bits per heavy atom. The number of aryl methyl sites for hydroxylation is 1. The largest absolute Gasteiger partial charge is 0.488 e. The second-order valence-corrected chi connectivity index (χ2v) is 13.4. The number of fused-ring (bicyclic) bond motifs is 1. The minimum Gasteiger partial charge on any atom is -0.488 e. The number of nitrogens with zero attached hydrogens (tertiary/aromatic N) is 2. The van der Waals surface area contributed by atoms with Crippen molar-refractivity contribution in [1.29, 1.82) is 0 Å². The minimum atomic E-state index is -3.87. The summed E-state index contributed by atoms with van der Waals surface area (Å²) >= 11 is 0. The summed E-state index contributed by atoms with van der Waals surface area (Å²) in [6.07, 6.45) is 0.422. The molecule has 37 heavy (non-hydrogen) atoms. The number of hydrogen-bond donors (Lipinski definition) is 2. The number of ether oxygens (including phenoxy) is 1. The lowest BCUT2D eigenvalue weighted by atomic mass is 10.0. The van der Waals surface area contributed by atoms with Crippen LogP contribution in [0.1, 0.15) is 25.0 Å². The van der Waals surface area contributed by atoms with E-state index in [4.69, 9.17) is 4.74 Å². The molecule has 1 heterocycles. The lowest BCUT2D eigenvalue weighted by molar-refractivity contribution is -0.134. The van der Waals surface area contributed by atoms with Crippen molar-refractivity contribution in [3.8, 4) is 5.75 Å². The molecule has 1 aliphatic heterocycles. The van der Waals surface area contributed by atoms with Crippen molar-refractivity contribution in [2.75, 3.05) is 37.7 Å². The van der Waals surface area contributed by atoms with Crippen LogP contribution in [0.3, 0.4) is 0 Å². The van der Waals surface area contributed by atoms with Crippen molar-refractivity contribution >= 4 is 31.6 Å². The van der Waals surface area contributed by atoms with Crippen LogP contribution in [0.25, 0.3) is 0 Å². The predicted molar refractivity (Wildman–Crippen MR) is 141 cm³/mol. The molecule has 10 nitrogen and oxygen atoms in total. The molecule has 3 rings (SSSR count). The summed E-state index contributed by atoms with van der Waals surface area (Å²) in [5.41, 5.74) is 1.64. The second-order valence-electron chi connectivity index (χ2n) is 9.67. The molecule has 0 fully saturated rings. The molecule has 0 aliphatic carbocycles. The summed E-state index contributed by atoms with van der Waals surface area (Å²) in [6, 6.07) is 10.7. The molecular formula is C25H35N3O7S2. The van der Waals surface area contributed by atoms with E-state index in [0.29, 0.717) is 11.3 Å². The van der Waals surface area contributed by atoms with Gasteiger partial charge in [-0.1, -0.05) is 24.6 Å². The third-order valence-corrected chi connectivity index (χ3v) is 9.18. The van der Waals surface area contributed by atoms with Gasteiger partial charge in [0.1, 0.15) is 11.9 Å². The van der Waals surface area contributed by atoms with E-state index in [1.807, 2.05) is 13.8 Å². The number of anilines is 1. The van der Waals surface area contributed by atoms with E-state index in [0.717, 1.165) is 11.8 Å². The zero-order chi connectivity index (χ0) is 27.5. The zero-order valence-electron chi connectivity index (χ0n) is 21.7. The van der Waals surface area contributed by atoms with E-state index < -0.39 is 32.2 Å². The molecule has 0 saturated heterocycles. The van der Waals surface area contributed by atoms with Gasteiger partial charge in [-0.2, -0.15) is 0 Å². The van der Waals surface area contributed by atoms with Crippen molar-refractivity contribution in [3.05, 3.63) is 53.6 Å². The number of sulfonamides is 2. The highest BCUT2D eigenvalue weighted by molar-refractivity contribution is 7.92. The number of carbonyl (C=O) groups excluding carboxylic acids is 1. The van der Waals surface area contributed by atoms with Crippen LogP contribution in [0.15, 0.2) is 47.4 Å². The van der Waals surface area contributed by atoms with Gasteiger partial charge in [-0.15, -0.1) is 0 Å². The summed E-state index contributed by atoms with van der Waals surface area (Å²) in [5, 5.41) is 9.74. The normalized spacial score (nSPS) is 19.9. The van der Waals surface area contributed by atoms with Crippen LogP contribution >= 0.6 is 0 Å². The number of aliphatic hydroxyl groups excluding tert-OH is 1. The quantitative estimate of drug-likeness (QED) is 0.510. The molecule has 2 aromatic carbocycles. The van der Waals surface area contributed by atoms with Gasteiger partial charge in [0.15, 0.2) is 0 Å². The van der Waals surface area contributed by atoms with Crippen LogP contribution in [0.4, 0.5) is 5.69 Å². The first kappa shape index (κ1) is 28.9. The zero-order valence-corrected chi connectivity index (χ0v) is 23.3. The van der Waals surface area contributed by atoms with Crippen LogP contribution in [-0.2, 0) is 31.3 Å². The average Bonchev–Trinajstić information content (AvgIpc) is 2.86. The molecule has 1 amide bonds. The Morgan fingerprint density at radius 3 is 2.41 bits per heavy atom. The van der Waals surface area contributed by atoms with E-state index in [1.54, 1.807) is 42.2 Å². The number of aliphatic hydroxyl groups is 1. The van der Waals surface area contributed by atoms with Gasteiger partial charge in [0.25, 0.3) is 10.0 Å². The summed E-state index contributed by atoms with van der Waals surface area (Å²) in [4.78, 5) is 14.9. The van der Waals surface area contributed by atoms with Crippen LogP contribution < -0.4 is 9.46 Å². The highest BCUT2D eigenvalue weighted by Gasteiger charge is 2.32. The number of amides is 1. The van der Waals surface area contributed by atoms with E-state index in [2.05, 4.69) is 4.72 Å². The minimum absolute atomic E-state index is 0.0524. The van der Waals surface area contributed by atoms with Crippen molar-refractivity contribution in [1.82, 2.24) is 9.21 Å². The molecule has 12 heteroatoms. The third-order valence-electron chi connectivity index (χ3n) is 6.50. The highest BCUT2D eigenvalue weighted by Crippen LogP contribution is 2.30. The monoisotopic (exact) mass is 553 g/mol. The van der Waals surface area contributed by atoms with Gasteiger partial charge in [-0.05, 0) is 44.2 Å². The topological polar surface area (TPSA) is 133 Å². The maximum Gasteiger partial charge on any atom is 0.261 e. The van der Waals surface area contributed by atoms with Crippen molar-refractivity contribution in [2.24, 2.45) is 5.92 Å². The summed E-state index contributed by atoms with van der Waals surface area (Å²) in [7, 11) is -5.89. The molecule has 1 aliphatic rings. The van der Waals surface area contributed by atoms with Gasteiger partial charge >= 0.3 is 0 Å². The lowest BCUT2D eigenvalue weighted by Gasteiger charge is -2.33. The maximum absolute atomic E-state index is 13.3. The first-order valence-electron chi connectivity index (χ1n) is 11.9. The number of rotatable bonds is 8. The molecule has 204 valence electrons. The first-order chi connectivity index (χ1) is 17.2. The van der Waals surface area contributed by atoms with Crippen LogP contribution in [0.5, 0.6) is 5.75 Å². The summed E-state index contributed by atoms with van der Waals surface area (Å²) in [5.74, 6) is -0.161. The number of likely N-dealkylation sites (N-methyl/N-ethyl adjacent to an activating group) is 1. The molecule has 0 spiro atoms. The Bertz CT molecular complexity index is 1330. The molecular weight excluding hydrogens is 518 g/mol. The van der Waals surface area contributed by atoms with E-state index in [-0.39, 0.29) is 48.5 Å². The van der Waals surface area contributed by atoms with E-state index in [1.165, 1.54) is 23.5 Å². The number of carbonyl (C=O) groups is 1. The SMILES string of the molecule is Cc1ccc(S(=O)(=O)Nc2ccc3c(c2)CC(=O)N([C@@H](C)CO)C[C@@H](C)[C@H](CN(C)S(C)(=O)=O)O3)cc1. The predicted octanol–water partition coefficient (Wildman–Crippen LogP) is 1.84. The van der Waals surface area contributed by atoms with Crippen LogP contribution in [0.2, 0.25) is 0 Å².